The first-order chi connectivity index (χ1) is 26.6. The van der Waals surface area contributed by atoms with Crippen molar-refractivity contribution in [2.45, 2.75) is 19.3 Å². The van der Waals surface area contributed by atoms with Crippen LogP contribution >= 0.6 is 0 Å². The van der Waals surface area contributed by atoms with Crippen LogP contribution in [0.25, 0.3) is 77.3 Å². The fourth-order valence-electron chi connectivity index (χ4n) is 8.94. The Balaban J connectivity index is 1.24. The van der Waals surface area contributed by atoms with Gasteiger partial charge in [0, 0.05) is 33.0 Å². The van der Waals surface area contributed by atoms with Gasteiger partial charge in [-0.2, -0.15) is 0 Å². The van der Waals surface area contributed by atoms with Crippen molar-refractivity contribution in [3.63, 3.8) is 0 Å². The summed E-state index contributed by atoms with van der Waals surface area (Å²) in [7, 11) is 0. The molecule has 2 aromatic heterocycles. The van der Waals surface area contributed by atoms with E-state index < -0.39 is 0 Å². The van der Waals surface area contributed by atoms with Gasteiger partial charge in [-0.1, -0.05) is 147 Å². The molecule has 0 saturated heterocycles. The maximum atomic E-state index is 6.82. The zero-order valence-electron chi connectivity index (χ0n) is 30.0. The second kappa shape index (κ2) is 11.6. The lowest BCUT2D eigenvalue weighted by atomic mass is 9.82. The van der Waals surface area contributed by atoms with E-state index in [-0.39, 0.29) is 5.41 Å². The summed E-state index contributed by atoms with van der Waals surface area (Å²) < 4.78 is 13.6. The lowest BCUT2D eigenvalue weighted by Gasteiger charge is -2.29. The fourth-order valence-corrected chi connectivity index (χ4v) is 8.94. The molecule has 3 nitrogen and oxygen atoms in total. The summed E-state index contributed by atoms with van der Waals surface area (Å²) in [5.74, 6) is 0. The zero-order chi connectivity index (χ0) is 36.0. The Morgan fingerprint density at radius 2 is 0.981 bits per heavy atom. The lowest BCUT2D eigenvalue weighted by molar-refractivity contribution is 0.660. The van der Waals surface area contributed by atoms with Crippen molar-refractivity contribution >= 4 is 60.9 Å². The third-order valence-electron chi connectivity index (χ3n) is 11.5. The molecule has 2 heterocycles. The van der Waals surface area contributed by atoms with Gasteiger partial charge in [0.25, 0.3) is 0 Å². The van der Waals surface area contributed by atoms with Gasteiger partial charge < -0.3 is 13.7 Å². The molecular weight excluding hydrogens is 659 g/mol. The van der Waals surface area contributed by atoms with Crippen LogP contribution in [0.4, 0.5) is 17.1 Å². The Hall–Kier alpha value is -6.84. The molecule has 10 aromatic rings. The Morgan fingerprint density at radius 1 is 0.407 bits per heavy atom. The molecule has 0 atom stereocenters. The number of anilines is 3. The van der Waals surface area contributed by atoms with Gasteiger partial charge in [0.15, 0.2) is 0 Å². The molecule has 0 saturated carbocycles. The molecule has 0 radical (unpaired) electrons. The SMILES string of the molecule is CC1(C)c2ccccc2-c2ccc(N(c3cccc4oc5c(-c6ccccc6)cccc5c34)c3ccc(-c4ccccc4)c4oc5ccccc5c34)cc21. The number of benzene rings is 8. The monoisotopic (exact) mass is 693 g/mol. The summed E-state index contributed by atoms with van der Waals surface area (Å²) in [5, 5.41) is 4.30. The van der Waals surface area contributed by atoms with Crippen molar-refractivity contribution in [3.8, 4) is 33.4 Å². The fraction of sp³-hybridized carbons (Fsp3) is 0.0588. The molecule has 8 aromatic carbocycles. The lowest BCUT2D eigenvalue weighted by Crippen LogP contribution is -2.16. The predicted molar refractivity (Wildman–Crippen MR) is 224 cm³/mol. The van der Waals surface area contributed by atoms with E-state index in [1.807, 2.05) is 6.07 Å². The normalized spacial score (nSPS) is 13.1. The maximum absolute atomic E-state index is 6.82. The maximum Gasteiger partial charge on any atom is 0.145 e. The van der Waals surface area contributed by atoms with Crippen LogP contribution < -0.4 is 4.90 Å². The van der Waals surface area contributed by atoms with E-state index in [0.29, 0.717) is 0 Å². The van der Waals surface area contributed by atoms with Crippen molar-refractivity contribution in [3.05, 3.63) is 187 Å². The van der Waals surface area contributed by atoms with Gasteiger partial charge in [-0.05, 0) is 75.8 Å². The summed E-state index contributed by atoms with van der Waals surface area (Å²) >= 11 is 0. The number of hydrogen-bond donors (Lipinski definition) is 0. The summed E-state index contributed by atoms with van der Waals surface area (Å²) in [5.41, 5.74) is 16.1. The Kier molecular flexibility index (Phi) is 6.60. The molecule has 1 aliphatic rings. The Bertz CT molecular complexity index is 3080. The molecule has 1 aliphatic carbocycles. The summed E-state index contributed by atoms with van der Waals surface area (Å²) in [4.78, 5) is 2.44. The molecule has 11 rings (SSSR count). The van der Waals surface area contributed by atoms with Crippen molar-refractivity contribution < 1.29 is 8.83 Å². The predicted octanol–water partition coefficient (Wildman–Crippen LogP) is 14.6. The molecule has 256 valence electrons. The molecule has 0 aliphatic heterocycles. The molecule has 3 heteroatoms. The van der Waals surface area contributed by atoms with E-state index >= 15 is 0 Å². The van der Waals surface area contributed by atoms with Crippen molar-refractivity contribution in [1.29, 1.82) is 0 Å². The van der Waals surface area contributed by atoms with Crippen LogP contribution in [0.2, 0.25) is 0 Å². The van der Waals surface area contributed by atoms with Gasteiger partial charge >= 0.3 is 0 Å². The van der Waals surface area contributed by atoms with Crippen molar-refractivity contribution in [2.75, 3.05) is 4.90 Å². The summed E-state index contributed by atoms with van der Waals surface area (Å²) in [6.45, 7) is 4.69. The van der Waals surface area contributed by atoms with Crippen molar-refractivity contribution in [2.24, 2.45) is 0 Å². The quantitative estimate of drug-likeness (QED) is 0.180. The molecule has 0 amide bonds. The minimum Gasteiger partial charge on any atom is -0.455 e. The summed E-state index contributed by atoms with van der Waals surface area (Å²) in [6.07, 6.45) is 0. The van der Waals surface area contributed by atoms with Crippen molar-refractivity contribution in [1.82, 2.24) is 0 Å². The Morgan fingerprint density at radius 3 is 1.80 bits per heavy atom. The number of furan rings is 2. The second-order valence-corrected chi connectivity index (χ2v) is 14.8. The average molecular weight is 694 g/mol. The van der Waals surface area contributed by atoms with Gasteiger partial charge in [-0.15, -0.1) is 0 Å². The van der Waals surface area contributed by atoms with Gasteiger partial charge in [-0.3, -0.25) is 0 Å². The van der Waals surface area contributed by atoms with Crippen LogP contribution in [0.5, 0.6) is 0 Å². The number of para-hydroxylation sites is 2. The summed E-state index contributed by atoms with van der Waals surface area (Å²) in [6, 6.07) is 62.7. The van der Waals surface area contributed by atoms with Crippen LogP contribution in [-0.4, -0.2) is 0 Å². The molecule has 0 spiro atoms. The first kappa shape index (κ1) is 30.8. The first-order valence-electron chi connectivity index (χ1n) is 18.6. The van der Waals surface area contributed by atoms with E-state index in [4.69, 9.17) is 8.83 Å². The molecule has 54 heavy (non-hydrogen) atoms. The highest BCUT2D eigenvalue weighted by Gasteiger charge is 2.36. The molecule has 0 fully saturated rings. The van der Waals surface area contributed by atoms with Crippen LogP contribution in [0.1, 0.15) is 25.0 Å². The van der Waals surface area contributed by atoms with Crippen LogP contribution in [-0.2, 0) is 5.41 Å². The molecule has 0 bridgehead atoms. The highest BCUT2D eigenvalue weighted by molar-refractivity contribution is 6.20. The standard InChI is InChI=1S/C51H35NO2/c1-51(2)41-23-11-9-19-37(41)38-28-27-34(31-42(38)51)52(43-24-14-26-46-47(43)40-22-13-21-35(49(40)54-46)32-15-5-3-6-16-32)44-30-29-36(33-17-7-4-8-18-33)50-48(44)39-20-10-12-25-45(39)53-50/h3-31H,1-2H3. The molecule has 0 unspecified atom stereocenters. The molecule has 0 N–H and O–H groups in total. The molecular formula is C51H35NO2. The second-order valence-electron chi connectivity index (χ2n) is 14.8. The Labute approximate surface area is 313 Å². The number of hydrogen-bond acceptors (Lipinski definition) is 3. The van der Waals surface area contributed by atoms with Gasteiger partial charge in [0.1, 0.15) is 22.3 Å². The third-order valence-corrected chi connectivity index (χ3v) is 11.5. The highest BCUT2D eigenvalue weighted by atomic mass is 16.3. The third kappa shape index (κ3) is 4.42. The van der Waals surface area contributed by atoms with Gasteiger partial charge in [0.2, 0.25) is 0 Å². The van der Waals surface area contributed by atoms with Crippen LogP contribution in [0, 0.1) is 0 Å². The average Bonchev–Trinajstić information content (AvgIpc) is 3.87. The number of nitrogens with zero attached hydrogens (tertiary/aromatic N) is 1. The highest BCUT2D eigenvalue weighted by Crippen LogP contribution is 2.53. The van der Waals surface area contributed by atoms with E-state index in [9.17, 15) is 0 Å². The van der Waals surface area contributed by atoms with Crippen LogP contribution in [0.3, 0.4) is 0 Å². The first-order valence-corrected chi connectivity index (χ1v) is 18.6. The number of fused-ring (bicyclic) bond motifs is 9. The number of rotatable bonds is 5. The van der Waals surface area contributed by atoms with E-state index in [1.54, 1.807) is 0 Å². The minimum atomic E-state index is -0.165. The van der Waals surface area contributed by atoms with E-state index in [2.05, 4.69) is 189 Å². The van der Waals surface area contributed by atoms with Gasteiger partial charge in [-0.25, -0.2) is 0 Å². The zero-order valence-corrected chi connectivity index (χ0v) is 30.0. The smallest absolute Gasteiger partial charge is 0.145 e. The minimum absolute atomic E-state index is 0.165. The van der Waals surface area contributed by atoms with E-state index in [0.717, 1.165) is 83.2 Å². The van der Waals surface area contributed by atoms with E-state index in [1.165, 1.54) is 22.3 Å². The van der Waals surface area contributed by atoms with Crippen LogP contribution in [0.15, 0.2) is 185 Å². The largest absolute Gasteiger partial charge is 0.455 e. The topological polar surface area (TPSA) is 29.5 Å². The van der Waals surface area contributed by atoms with Gasteiger partial charge in [0.05, 0.1) is 22.1 Å².